The SMILES string of the molecule is COc1ccc(C#N)cc1N(NC(=O)O)C(=O)O. The molecule has 0 unspecified atom stereocenters. The van der Waals surface area contributed by atoms with Gasteiger partial charge >= 0.3 is 12.2 Å². The van der Waals surface area contributed by atoms with Gasteiger partial charge in [-0.15, -0.1) is 0 Å². The van der Waals surface area contributed by atoms with E-state index in [-0.39, 0.29) is 17.0 Å². The van der Waals surface area contributed by atoms with Crippen molar-refractivity contribution >= 4 is 17.9 Å². The van der Waals surface area contributed by atoms with Crippen molar-refractivity contribution in [2.75, 3.05) is 12.1 Å². The predicted molar refractivity (Wildman–Crippen MR) is 59.4 cm³/mol. The number of methoxy groups -OCH3 is 1. The fourth-order valence-electron chi connectivity index (χ4n) is 1.24. The van der Waals surface area contributed by atoms with Gasteiger partial charge < -0.3 is 14.9 Å². The van der Waals surface area contributed by atoms with Crippen LogP contribution in [0.15, 0.2) is 18.2 Å². The number of carbonyl (C=O) groups is 2. The first-order valence-corrected chi connectivity index (χ1v) is 4.60. The molecule has 8 nitrogen and oxygen atoms in total. The largest absolute Gasteiger partial charge is 0.494 e. The van der Waals surface area contributed by atoms with Crippen LogP contribution in [-0.2, 0) is 0 Å². The molecule has 0 spiro atoms. The first kappa shape index (κ1) is 13.1. The lowest BCUT2D eigenvalue weighted by Crippen LogP contribution is -2.45. The van der Waals surface area contributed by atoms with Crippen LogP contribution in [0.2, 0.25) is 0 Å². The third-order valence-electron chi connectivity index (χ3n) is 1.95. The second-order valence-electron chi connectivity index (χ2n) is 3.03. The summed E-state index contributed by atoms with van der Waals surface area (Å²) in [5.74, 6) is 0.116. The van der Waals surface area contributed by atoms with Crippen LogP contribution in [0, 0.1) is 11.3 Å². The molecule has 1 aromatic rings. The van der Waals surface area contributed by atoms with E-state index < -0.39 is 12.2 Å². The average molecular weight is 251 g/mol. The first-order valence-electron chi connectivity index (χ1n) is 4.60. The number of nitriles is 1. The molecule has 3 N–H and O–H groups in total. The fourth-order valence-corrected chi connectivity index (χ4v) is 1.24. The molecule has 0 atom stereocenters. The summed E-state index contributed by atoms with van der Waals surface area (Å²) in [7, 11) is 1.30. The molecular weight excluding hydrogens is 242 g/mol. The zero-order valence-electron chi connectivity index (χ0n) is 9.25. The third-order valence-corrected chi connectivity index (χ3v) is 1.95. The molecule has 2 amide bonds. The van der Waals surface area contributed by atoms with Gasteiger partial charge in [-0.3, -0.25) is 0 Å². The highest BCUT2D eigenvalue weighted by molar-refractivity contribution is 5.91. The Morgan fingerprint density at radius 3 is 2.56 bits per heavy atom. The minimum atomic E-state index is -1.55. The van der Waals surface area contributed by atoms with E-state index in [2.05, 4.69) is 0 Å². The smallest absolute Gasteiger partial charge is 0.431 e. The minimum Gasteiger partial charge on any atom is -0.494 e. The van der Waals surface area contributed by atoms with Crippen LogP contribution in [0.3, 0.4) is 0 Å². The summed E-state index contributed by atoms with van der Waals surface area (Å²) in [5.41, 5.74) is 1.76. The number of benzene rings is 1. The molecule has 1 aromatic carbocycles. The fraction of sp³-hybridized carbons (Fsp3) is 0.100. The molecule has 0 aliphatic heterocycles. The molecule has 0 aliphatic carbocycles. The van der Waals surface area contributed by atoms with E-state index in [1.807, 2.05) is 6.07 Å². The van der Waals surface area contributed by atoms with E-state index in [0.717, 1.165) is 0 Å². The molecule has 8 heteroatoms. The highest BCUT2D eigenvalue weighted by Gasteiger charge is 2.21. The van der Waals surface area contributed by atoms with Crippen molar-refractivity contribution in [1.29, 1.82) is 5.26 Å². The topological polar surface area (TPSA) is 123 Å². The monoisotopic (exact) mass is 251 g/mol. The lowest BCUT2D eigenvalue weighted by atomic mass is 10.2. The van der Waals surface area contributed by atoms with Crippen molar-refractivity contribution in [3.8, 4) is 11.8 Å². The van der Waals surface area contributed by atoms with Gasteiger partial charge in [-0.05, 0) is 18.2 Å². The molecule has 0 radical (unpaired) electrons. The standard InChI is InChI=1S/C10H9N3O5/c1-18-8-3-2-6(5-11)4-7(8)13(10(16)17)12-9(14)15/h2-4,12H,1H3,(H,14,15)(H,16,17). The van der Waals surface area contributed by atoms with Crippen LogP contribution in [0.25, 0.3) is 0 Å². The van der Waals surface area contributed by atoms with Gasteiger partial charge in [-0.25, -0.2) is 15.0 Å². The highest BCUT2D eigenvalue weighted by atomic mass is 16.5. The summed E-state index contributed by atoms with van der Waals surface area (Å²) in [6.07, 6.45) is -3.10. The molecule has 0 saturated carbocycles. The number of hydrazine groups is 1. The maximum atomic E-state index is 11.0. The van der Waals surface area contributed by atoms with Crippen molar-refractivity contribution in [1.82, 2.24) is 5.43 Å². The lowest BCUT2D eigenvalue weighted by molar-refractivity contribution is 0.181. The number of rotatable bonds is 2. The minimum absolute atomic E-state index is 0.0912. The second kappa shape index (κ2) is 5.40. The van der Waals surface area contributed by atoms with Gasteiger partial charge in [-0.2, -0.15) is 10.3 Å². The Hall–Kier alpha value is -2.95. The van der Waals surface area contributed by atoms with Crippen molar-refractivity contribution in [3.05, 3.63) is 23.8 Å². The molecule has 18 heavy (non-hydrogen) atoms. The maximum absolute atomic E-state index is 11.0. The molecule has 0 bridgehead atoms. The van der Waals surface area contributed by atoms with E-state index in [0.29, 0.717) is 5.01 Å². The van der Waals surface area contributed by atoms with Crippen molar-refractivity contribution < 1.29 is 24.5 Å². The Morgan fingerprint density at radius 1 is 1.44 bits per heavy atom. The Balaban J connectivity index is 3.29. The van der Waals surface area contributed by atoms with Crippen molar-refractivity contribution in [2.45, 2.75) is 0 Å². The van der Waals surface area contributed by atoms with Crippen LogP contribution in [0.1, 0.15) is 5.56 Å². The zero-order valence-corrected chi connectivity index (χ0v) is 9.25. The normalized spacial score (nSPS) is 9.11. The van der Waals surface area contributed by atoms with E-state index >= 15 is 0 Å². The molecule has 0 fully saturated rings. The lowest BCUT2D eigenvalue weighted by Gasteiger charge is -2.20. The van der Waals surface area contributed by atoms with Crippen molar-refractivity contribution in [3.63, 3.8) is 0 Å². The summed E-state index contributed by atoms with van der Waals surface area (Å²) in [5, 5.41) is 26.6. The van der Waals surface area contributed by atoms with Gasteiger partial charge in [0.15, 0.2) is 0 Å². The van der Waals surface area contributed by atoms with Crippen LogP contribution in [-0.4, -0.2) is 29.5 Å². The zero-order chi connectivity index (χ0) is 13.7. The molecular formula is C10H9N3O5. The van der Waals surface area contributed by atoms with Crippen LogP contribution >= 0.6 is 0 Å². The molecule has 0 aliphatic rings. The first-order chi connectivity index (χ1) is 8.49. The van der Waals surface area contributed by atoms with E-state index in [4.69, 9.17) is 20.2 Å². The summed E-state index contributed by atoms with van der Waals surface area (Å²) in [6.45, 7) is 0. The number of amides is 2. The van der Waals surface area contributed by atoms with Gasteiger partial charge in [-0.1, -0.05) is 0 Å². The van der Waals surface area contributed by atoms with Gasteiger partial charge in [0.05, 0.1) is 18.7 Å². The number of ether oxygens (including phenoxy) is 1. The Kier molecular flexibility index (Phi) is 3.93. The second-order valence-corrected chi connectivity index (χ2v) is 3.03. The summed E-state index contributed by atoms with van der Waals surface area (Å²) in [4.78, 5) is 21.5. The molecule has 94 valence electrons. The number of hydrogen-bond donors (Lipinski definition) is 3. The molecule has 1 rings (SSSR count). The summed E-state index contributed by atoms with van der Waals surface area (Å²) < 4.78 is 4.91. The van der Waals surface area contributed by atoms with Gasteiger partial charge in [0.2, 0.25) is 0 Å². The number of carboxylic acid groups (broad SMARTS) is 2. The quantitative estimate of drug-likeness (QED) is 0.679. The van der Waals surface area contributed by atoms with Crippen molar-refractivity contribution in [2.24, 2.45) is 0 Å². The third kappa shape index (κ3) is 2.79. The van der Waals surface area contributed by atoms with Crippen LogP contribution < -0.4 is 15.2 Å². The average Bonchev–Trinajstić information content (AvgIpc) is 2.34. The van der Waals surface area contributed by atoms with E-state index in [1.165, 1.54) is 25.3 Å². The predicted octanol–water partition coefficient (Wildman–Crippen LogP) is 1.23. The number of nitrogens with zero attached hydrogens (tertiary/aromatic N) is 2. The summed E-state index contributed by atoms with van der Waals surface area (Å²) >= 11 is 0. The maximum Gasteiger partial charge on any atom is 0.431 e. The Labute approximate surface area is 102 Å². The van der Waals surface area contributed by atoms with Gasteiger partial charge in [0.1, 0.15) is 11.4 Å². The van der Waals surface area contributed by atoms with Gasteiger partial charge in [0.25, 0.3) is 0 Å². The number of anilines is 1. The molecule has 0 saturated heterocycles. The molecule has 0 aromatic heterocycles. The highest BCUT2D eigenvalue weighted by Crippen LogP contribution is 2.28. The van der Waals surface area contributed by atoms with E-state index in [1.54, 1.807) is 5.43 Å². The number of nitrogens with one attached hydrogen (secondary N) is 1. The molecule has 0 heterocycles. The number of hydrogen-bond acceptors (Lipinski definition) is 4. The Morgan fingerprint density at radius 2 is 2.11 bits per heavy atom. The van der Waals surface area contributed by atoms with E-state index in [9.17, 15) is 9.59 Å². The van der Waals surface area contributed by atoms with Crippen LogP contribution in [0.5, 0.6) is 5.75 Å². The Bertz CT molecular complexity index is 523. The van der Waals surface area contributed by atoms with Gasteiger partial charge in [0, 0.05) is 0 Å². The summed E-state index contributed by atoms with van der Waals surface area (Å²) in [6, 6.07) is 5.80. The van der Waals surface area contributed by atoms with Crippen LogP contribution in [0.4, 0.5) is 15.3 Å².